The second-order valence-corrected chi connectivity index (χ2v) is 9.72. The Hall–Kier alpha value is -3.70. The Kier molecular flexibility index (Phi) is 7.24. The predicted molar refractivity (Wildman–Crippen MR) is 136 cm³/mol. The van der Waals surface area contributed by atoms with E-state index in [0.717, 1.165) is 22.6 Å². The highest BCUT2D eigenvalue weighted by Gasteiger charge is 2.13. The van der Waals surface area contributed by atoms with Crippen molar-refractivity contribution in [2.75, 3.05) is 21.7 Å². The van der Waals surface area contributed by atoms with Gasteiger partial charge in [0.05, 0.1) is 17.1 Å². The van der Waals surface area contributed by atoms with E-state index < -0.39 is 0 Å². The van der Waals surface area contributed by atoms with E-state index >= 15 is 0 Å². The minimum Gasteiger partial charge on any atom is -0.330 e. The number of amides is 2. The van der Waals surface area contributed by atoms with Gasteiger partial charge < -0.3 is 16.0 Å². The van der Waals surface area contributed by atoms with E-state index in [2.05, 4.69) is 31.2 Å². The number of carbonyl (C=O) groups excluding carboxylic acids is 2. The lowest BCUT2D eigenvalue weighted by atomic mass is 10.2. The smallest absolute Gasteiger partial charge is 0.235 e. The fraction of sp³-hybridized carbons (Fsp3) is 0.174. The molecule has 0 aliphatic rings. The van der Waals surface area contributed by atoms with Crippen LogP contribution in [0.3, 0.4) is 0 Å². The Morgan fingerprint density at radius 2 is 1.76 bits per heavy atom. The molecule has 2 aromatic heterocycles. The minimum atomic E-state index is -0.161. The summed E-state index contributed by atoms with van der Waals surface area (Å²) in [6.07, 6.45) is 0. The van der Waals surface area contributed by atoms with Crippen molar-refractivity contribution < 1.29 is 9.59 Å². The summed E-state index contributed by atoms with van der Waals surface area (Å²) in [6.45, 7) is 5.37. The molecule has 174 valence electrons. The van der Waals surface area contributed by atoms with Crippen molar-refractivity contribution in [1.29, 1.82) is 0 Å². The van der Waals surface area contributed by atoms with E-state index in [9.17, 15) is 9.59 Å². The summed E-state index contributed by atoms with van der Waals surface area (Å²) in [5.74, 6) is 0.504. The number of aryl methyl sites for hydroxylation is 2. The van der Waals surface area contributed by atoms with E-state index in [-0.39, 0.29) is 17.6 Å². The van der Waals surface area contributed by atoms with E-state index in [1.165, 1.54) is 30.0 Å². The van der Waals surface area contributed by atoms with Gasteiger partial charge in [0.25, 0.3) is 0 Å². The predicted octanol–water partition coefficient (Wildman–Crippen LogP) is 4.77. The van der Waals surface area contributed by atoms with Gasteiger partial charge in [-0.05, 0) is 44.2 Å². The molecule has 0 radical (unpaired) electrons. The fourth-order valence-corrected chi connectivity index (χ4v) is 4.67. The summed E-state index contributed by atoms with van der Waals surface area (Å²) in [5, 5.41) is 22.2. The molecule has 0 atom stereocenters. The Balaban J connectivity index is 1.34. The highest BCUT2D eigenvalue weighted by atomic mass is 32.2. The van der Waals surface area contributed by atoms with Gasteiger partial charge in [0, 0.05) is 24.4 Å². The zero-order valence-electron chi connectivity index (χ0n) is 18.8. The van der Waals surface area contributed by atoms with E-state index in [4.69, 9.17) is 0 Å². The van der Waals surface area contributed by atoms with Crippen molar-refractivity contribution >= 4 is 57.2 Å². The van der Waals surface area contributed by atoms with Crippen LogP contribution in [0.1, 0.15) is 18.2 Å². The first-order valence-corrected chi connectivity index (χ1v) is 12.2. The van der Waals surface area contributed by atoms with Crippen molar-refractivity contribution in [3.05, 3.63) is 65.9 Å². The monoisotopic (exact) mass is 493 g/mol. The Bertz CT molecular complexity index is 1320. The standard InChI is InChI=1S/C23H23N7O2S2/c1-14-7-9-19(10-8-14)30-20(11-15(2)29-30)26-21(32)13-33-23-28-27-22(34-23)25-18-6-4-5-17(12-18)24-16(3)31/h4-12H,13H2,1-3H3,(H,24,31)(H,25,27)(H,26,32). The lowest BCUT2D eigenvalue weighted by molar-refractivity contribution is -0.114. The topological polar surface area (TPSA) is 114 Å². The van der Waals surface area contributed by atoms with Crippen molar-refractivity contribution in [3.8, 4) is 5.69 Å². The van der Waals surface area contributed by atoms with Crippen molar-refractivity contribution in [2.45, 2.75) is 25.1 Å². The van der Waals surface area contributed by atoms with Gasteiger partial charge in [0.15, 0.2) is 4.34 Å². The molecule has 0 saturated carbocycles. The maximum atomic E-state index is 12.6. The molecule has 0 unspecified atom stereocenters. The van der Waals surface area contributed by atoms with Crippen LogP contribution in [-0.4, -0.2) is 37.5 Å². The molecular weight excluding hydrogens is 470 g/mol. The molecule has 9 nitrogen and oxygen atoms in total. The van der Waals surface area contributed by atoms with Gasteiger partial charge in [-0.25, -0.2) is 4.68 Å². The maximum Gasteiger partial charge on any atom is 0.235 e. The number of nitrogens with zero attached hydrogens (tertiary/aromatic N) is 4. The third kappa shape index (κ3) is 6.21. The van der Waals surface area contributed by atoms with Gasteiger partial charge in [-0.3, -0.25) is 9.59 Å². The molecular formula is C23H23N7O2S2. The van der Waals surface area contributed by atoms with Gasteiger partial charge in [0.2, 0.25) is 16.9 Å². The number of nitrogens with one attached hydrogen (secondary N) is 3. The number of carbonyl (C=O) groups is 2. The first-order chi connectivity index (χ1) is 16.4. The molecule has 0 aliphatic heterocycles. The number of aromatic nitrogens is 4. The van der Waals surface area contributed by atoms with E-state index in [1.807, 2.05) is 62.4 Å². The maximum absolute atomic E-state index is 12.6. The largest absolute Gasteiger partial charge is 0.330 e. The van der Waals surface area contributed by atoms with Crippen molar-refractivity contribution in [1.82, 2.24) is 20.0 Å². The summed E-state index contributed by atoms with van der Waals surface area (Å²) in [7, 11) is 0. The number of anilines is 4. The average Bonchev–Trinajstić information content (AvgIpc) is 3.38. The summed E-state index contributed by atoms with van der Waals surface area (Å²) < 4.78 is 2.39. The number of hydrogen-bond donors (Lipinski definition) is 3. The first-order valence-electron chi connectivity index (χ1n) is 10.4. The van der Waals surface area contributed by atoms with Gasteiger partial charge in [-0.1, -0.05) is 46.9 Å². The molecule has 11 heteroatoms. The zero-order chi connectivity index (χ0) is 24.1. The fourth-order valence-electron chi connectivity index (χ4n) is 3.10. The molecule has 2 heterocycles. The second-order valence-electron chi connectivity index (χ2n) is 7.52. The molecule has 2 aromatic carbocycles. The summed E-state index contributed by atoms with van der Waals surface area (Å²) in [5.41, 5.74) is 4.31. The molecule has 4 aromatic rings. The molecule has 2 amide bonds. The van der Waals surface area contributed by atoms with E-state index in [1.54, 1.807) is 10.7 Å². The van der Waals surface area contributed by atoms with Crippen molar-refractivity contribution in [2.24, 2.45) is 0 Å². The first kappa shape index (κ1) is 23.5. The molecule has 0 saturated heterocycles. The summed E-state index contributed by atoms with van der Waals surface area (Å²) in [4.78, 5) is 23.8. The number of thioether (sulfide) groups is 1. The van der Waals surface area contributed by atoms with Crippen LogP contribution in [0.4, 0.5) is 22.3 Å². The van der Waals surface area contributed by atoms with Crippen LogP contribution in [-0.2, 0) is 9.59 Å². The molecule has 4 rings (SSSR count). The Labute approximate surface area is 205 Å². The van der Waals surface area contributed by atoms with Crippen molar-refractivity contribution in [3.63, 3.8) is 0 Å². The molecule has 3 N–H and O–H groups in total. The molecule has 0 spiro atoms. The molecule has 0 fully saturated rings. The van der Waals surface area contributed by atoms with Crippen LogP contribution in [0.15, 0.2) is 58.9 Å². The quantitative estimate of drug-likeness (QED) is 0.303. The Morgan fingerprint density at radius 3 is 2.53 bits per heavy atom. The van der Waals surface area contributed by atoms with Crippen LogP contribution < -0.4 is 16.0 Å². The van der Waals surface area contributed by atoms with Crippen LogP contribution in [0.2, 0.25) is 0 Å². The number of benzene rings is 2. The van der Waals surface area contributed by atoms with Gasteiger partial charge >= 0.3 is 0 Å². The summed E-state index contributed by atoms with van der Waals surface area (Å²) in [6, 6.07) is 17.1. The lowest BCUT2D eigenvalue weighted by Crippen LogP contribution is -2.16. The lowest BCUT2D eigenvalue weighted by Gasteiger charge is -2.09. The van der Waals surface area contributed by atoms with E-state index in [0.29, 0.717) is 21.0 Å². The third-order valence-corrected chi connectivity index (χ3v) is 6.52. The molecule has 34 heavy (non-hydrogen) atoms. The molecule has 0 bridgehead atoms. The highest BCUT2D eigenvalue weighted by molar-refractivity contribution is 8.01. The second kappa shape index (κ2) is 10.5. The van der Waals surface area contributed by atoms with Crippen LogP contribution in [0.25, 0.3) is 5.69 Å². The SMILES string of the molecule is CC(=O)Nc1cccc(Nc2nnc(SCC(=O)Nc3cc(C)nn3-c3ccc(C)cc3)s2)c1. The highest BCUT2D eigenvalue weighted by Crippen LogP contribution is 2.28. The normalized spacial score (nSPS) is 10.7. The third-order valence-electron chi connectivity index (χ3n) is 4.54. The van der Waals surface area contributed by atoms with Gasteiger partial charge in [-0.2, -0.15) is 5.10 Å². The van der Waals surface area contributed by atoms with Crippen LogP contribution in [0.5, 0.6) is 0 Å². The Morgan fingerprint density at radius 1 is 1.00 bits per heavy atom. The average molecular weight is 494 g/mol. The number of rotatable bonds is 8. The van der Waals surface area contributed by atoms with Gasteiger partial charge in [0.1, 0.15) is 5.82 Å². The molecule has 0 aliphatic carbocycles. The van der Waals surface area contributed by atoms with Crippen LogP contribution in [0, 0.1) is 13.8 Å². The minimum absolute atomic E-state index is 0.137. The zero-order valence-corrected chi connectivity index (χ0v) is 20.5. The van der Waals surface area contributed by atoms with Gasteiger partial charge in [-0.15, -0.1) is 10.2 Å². The summed E-state index contributed by atoms with van der Waals surface area (Å²) >= 11 is 2.65. The van der Waals surface area contributed by atoms with Crippen LogP contribution >= 0.6 is 23.1 Å². The number of hydrogen-bond acceptors (Lipinski definition) is 8.